The molecule has 1 aromatic rings. The minimum Gasteiger partial charge on any atom is -0.298 e. The van der Waals surface area contributed by atoms with Crippen LogP contribution in [0, 0.1) is 0 Å². The van der Waals surface area contributed by atoms with Crippen molar-refractivity contribution >= 4 is 33.5 Å². The summed E-state index contributed by atoms with van der Waals surface area (Å²) >= 11 is 2.16. The summed E-state index contributed by atoms with van der Waals surface area (Å²) in [5.41, 5.74) is -6.35. The molecule has 1 atom stereocenters. The summed E-state index contributed by atoms with van der Waals surface area (Å²) in [6.07, 6.45) is -4.85. The molecule has 0 aliphatic carbocycles. The summed E-state index contributed by atoms with van der Waals surface area (Å²) in [7, 11) is 0. The number of hydrogen-bond donors (Lipinski definition) is 0. The first-order chi connectivity index (χ1) is 8.92. The van der Waals surface area contributed by atoms with E-state index >= 15 is 0 Å². The van der Waals surface area contributed by atoms with Crippen molar-refractivity contribution in [3.8, 4) is 0 Å². The number of alkyl halides is 7. The van der Waals surface area contributed by atoms with Gasteiger partial charge in [0, 0.05) is 4.90 Å². The van der Waals surface area contributed by atoms with Crippen LogP contribution in [0.2, 0.25) is 0 Å². The van der Waals surface area contributed by atoms with Crippen LogP contribution in [0.25, 0.3) is 0 Å². The van der Waals surface area contributed by atoms with Crippen molar-refractivity contribution in [3.63, 3.8) is 0 Å². The van der Waals surface area contributed by atoms with Gasteiger partial charge in [0.1, 0.15) is 5.78 Å². The third-order valence-corrected chi connectivity index (χ3v) is 4.05. The first kappa shape index (κ1) is 17.4. The Morgan fingerprint density at radius 3 is 2.15 bits per heavy atom. The van der Waals surface area contributed by atoms with Crippen LogP contribution in [0.5, 0.6) is 0 Å². The second-order valence-corrected chi connectivity index (χ2v) is 5.82. The van der Waals surface area contributed by atoms with Crippen LogP contribution in [0.1, 0.15) is 22.9 Å². The Bertz CT molecular complexity index is 511. The van der Waals surface area contributed by atoms with E-state index in [2.05, 4.69) is 15.9 Å². The van der Waals surface area contributed by atoms with Gasteiger partial charge in [-0.3, -0.25) is 4.79 Å². The maximum Gasteiger partial charge on any atom is 0.446 e. The Balaban J connectivity index is 3.31. The number of hydrogen-bond acceptors (Lipinski definition) is 2. The fraction of sp³-hybridized carbons (Fsp3) is 0.364. The first-order valence-electron chi connectivity index (χ1n) is 5.03. The molecule has 112 valence electrons. The highest BCUT2D eigenvalue weighted by Gasteiger charge is 2.37. The van der Waals surface area contributed by atoms with Crippen LogP contribution in [-0.4, -0.2) is 11.3 Å². The fourth-order valence-corrected chi connectivity index (χ4v) is 2.40. The Kier molecular flexibility index (Phi) is 5.18. The standard InChI is InChI=1S/C11H7BrF6OS/c1-5(19)9(12)7-3-2-6(20-11(16,17)18)4-8(7)10(13,14)15/h2-4,9H,1H3. The predicted molar refractivity (Wildman–Crippen MR) is 65.7 cm³/mol. The molecule has 0 bridgehead atoms. The van der Waals surface area contributed by atoms with E-state index in [0.717, 1.165) is 19.1 Å². The number of Topliss-reactive ketones (excluding diaryl/α,β-unsaturated/α-hetero) is 1. The molecule has 0 aliphatic rings. The minimum absolute atomic E-state index is 0.394. The highest BCUT2D eigenvalue weighted by Crippen LogP contribution is 2.43. The van der Waals surface area contributed by atoms with Gasteiger partial charge >= 0.3 is 11.7 Å². The molecular formula is C11H7BrF6OS. The van der Waals surface area contributed by atoms with Crippen molar-refractivity contribution in [2.45, 2.75) is 28.3 Å². The summed E-state index contributed by atoms with van der Waals surface area (Å²) in [4.78, 5) is 9.33. The third-order valence-electron chi connectivity index (χ3n) is 2.19. The molecule has 1 rings (SSSR count). The van der Waals surface area contributed by atoms with E-state index in [1.165, 1.54) is 0 Å². The molecule has 1 unspecified atom stereocenters. The van der Waals surface area contributed by atoms with E-state index < -0.39 is 50.1 Å². The molecule has 0 amide bonds. The van der Waals surface area contributed by atoms with Crippen molar-refractivity contribution < 1.29 is 31.1 Å². The lowest BCUT2D eigenvalue weighted by Gasteiger charge is -2.17. The second kappa shape index (κ2) is 5.97. The molecular weight excluding hydrogens is 374 g/mol. The van der Waals surface area contributed by atoms with E-state index in [9.17, 15) is 31.1 Å². The second-order valence-electron chi connectivity index (χ2n) is 3.77. The van der Waals surface area contributed by atoms with Gasteiger partial charge in [0.25, 0.3) is 0 Å². The summed E-state index contributed by atoms with van der Waals surface area (Å²) in [5.74, 6) is -0.577. The van der Waals surface area contributed by atoms with E-state index in [1.807, 2.05) is 0 Å². The zero-order chi connectivity index (χ0) is 15.7. The SMILES string of the molecule is CC(=O)C(Br)c1ccc(SC(F)(F)F)cc1C(F)(F)F. The van der Waals surface area contributed by atoms with E-state index in [0.29, 0.717) is 6.07 Å². The normalized spacial score (nSPS) is 14.2. The summed E-state index contributed by atoms with van der Waals surface area (Å²) < 4.78 is 75.1. The van der Waals surface area contributed by atoms with Gasteiger partial charge < -0.3 is 0 Å². The van der Waals surface area contributed by atoms with Gasteiger partial charge in [-0.15, -0.1) is 0 Å². The maximum atomic E-state index is 12.9. The van der Waals surface area contributed by atoms with Crippen molar-refractivity contribution in [1.29, 1.82) is 0 Å². The molecule has 9 heteroatoms. The number of thioether (sulfide) groups is 1. The van der Waals surface area contributed by atoms with E-state index in [-0.39, 0.29) is 0 Å². The monoisotopic (exact) mass is 380 g/mol. The zero-order valence-corrected chi connectivity index (χ0v) is 12.2. The molecule has 0 aromatic heterocycles. The average Bonchev–Trinajstić information content (AvgIpc) is 2.24. The maximum absolute atomic E-state index is 12.9. The van der Waals surface area contributed by atoms with Crippen LogP contribution in [0.4, 0.5) is 26.3 Å². The quantitative estimate of drug-likeness (QED) is 0.399. The van der Waals surface area contributed by atoms with Crippen molar-refractivity contribution in [2.75, 3.05) is 0 Å². The Morgan fingerprint density at radius 2 is 1.75 bits per heavy atom. The molecule has 0 saturated heterocycles. The van der Waals surface area contributed by atoms with Crippen LogP contribution in [0.15, 0.2) is 23.1 Å². The van der Waals surface area contributed by atoms with Gasteiger partial charge in [0.2, 0.25) is 0 Å². The van der Waals surface area contributed by atoms with Crippen LogP contribution in [-0.2, 0) is 11.0 Å². The van der Waals surface area contributed by atoms with Gasteiger partial charge in [-0.2, -0.15) is 26.3 Å². The third kappa shape index (κ3) is 4.69. The molecule has 0 radical (unpaired) electrons. The first-order valence-corrected chi connectivity index (χ1v) is 6.76. The van der Waals surface area contributed by atoms with Crippen molar-refractivity contribution in [2.24, 2.45) is 0 Å². The van der Waals surface area contributed by atoms with Crippen LogP contribution < -0.4 is 0 Å². The molecule has 0 heterocycles. The predicted octanol–water partition coefficient (Wildman–Crippen LogP) is 5.34. The highest BCUT2D eigenvalue weighted by molar-refractivity contribution is 9.09. The van der Waals surface area contributed by atoms with Gasteiger partial charge in [-0.1, -0.05) is 22.0 Å². The smallest absolute Gasteiger partial charge is 0.298 e. The molecule has 0 fully saturated rings. The number of benzene rings is 1. The number of halogens is 7. The summed E-state index contributed by atoms with van der Waals surface area (Å²) in [6.45, 7) is 1.08. The van der Waals surface area contributed by atoms with Crippen LogP contribution >= 0.6 is 27.7 Å². The molecule has 1 nitrogen and oxygen atoms in total. The molecule has 0 aliphatic heterocycles. The Hall–Kier alpha value is -0.700. The highest BCUT2D eigenvalue weighted by atomic mass is 79.9. The minimum atomic E-state index is -4.85. The number of rotatable bonds is 3. The summed E-state index contributed by atoms with van der Waals surface area (Å²) in [6, 6.07) is 2.17. The summed E-state index contributed by atoms with van der Waals surface area (Å²) in [5, 5.41) is 0. The van der Waals surface area contributed by atoms with Gasteiger partial charge in [-0.25, -0.2) is 0 Å². The fourth-order valence-electron chi connectivity index (χ4n) is 1.42. The lowest BCUT2D eigenvalue weighted by Crippen LogP contribution is -2.13. The van der Waals surface area contributed by atoms with Crippen LogP contribution in [0.3, 0.4) is 0 Å². The number of carbonyl (C=O) groups excluding carboxylic acids is 1. The topological polar surface area (TPSA) is 17.1 Å². The van der Waals surface area contributed by atoms with Crippen molar-refractivity contribution in [3.05, 3.63) is 29.3 Å². The number of carbonyl (C=O) groups is 1. The van der Waals surface area contributed by atoms with Gasteiger partial charge in [0.05, 0.1) is 10.4 Å². The van der Waals surface area contributed by atoms with Crippen molar-refractivity contribution in [1.82, 2.24) is 0 Å². The molecule has 0 N–H and O–H groups in total. The van der Waals surface area contributed by atoms with E-state index in [4.69, 9.17) is 0 Å². The van der Waals surface area contributed by atoms with Gasteiger partial charge in [-0.05, 0) is 36.4 Å². The largest absolute Gasteiger partial charge is 0.446 e. The lowest BCUT2D eigenvalue weighted by molar-refractivity contribution is -0.138. The lowest BCUT2D eigenvalue weighted by atomic mass is 10.0. The van der Waals surface area contributed by atoms with E-state index in [1.54, 1.807) is 0 Å². The zero-order valence-electron chi connectivity index (χ0n) is 9.77. The Morgan fingerprint density at radius 1 is 1.20 bits per heavy atom. The molecule has 20 heavy (non-hydrogen) atoms. The molecule has 0 spiro atoms. The number of ketones is 1. The average molecular weight is 381 g/mol. The van der Waals surface area contributed by atoms with Gasteiger partial charge in [0.15, 0.2) is 0 Å². The Labute approximate surface area is 122 Å². The molecule has 1 aromatic carbocycles. The molecule has 0 saturated carbocycles.